The standard InChI is InChI=1S/C91H60N2/c1-3-18-61(19-4-1)63-36-42-67(43-37-63)70-22-15-25-75(56-70)91(85-32-11-7-28-79(85)80-29-8-12-33-86(80)91)76-26-16-23-71(57-76)68-44-38-64(39-45-68)65-40-46-69(47-41-65)72-24-17-27-78(58-72)93-88-35-14-10-31-82(88)84-60-74(51-55-90(84)93)73-50-54-89-83(59-73)81-30-9-13-34-87(81)92(89)77-52-48-66(49-53-77)62-20-5-2-6-21-62/h1-60H. The number of nitrogens with zero attached hydrogens (tertiary/aromatic N) is 2. The Hall–Kier alpha value is -12.1. The van der Waals surface area contributed by atoms with Gasteiger partial charge in [-0.15, -0.1) is 0 Å². The Bertz CT molecular complexity index is 5650. The summed E-state index contributed by atoms with van der Waals surface area (Å²) in [6, 6.07) is 135. The average molecular weight is 1180 g/mol. The minimum atomic E-state index is -0.542. The first kappa shape index (κ1) is 53.9. The monoisotopic (exact) mass is 1180 g/mol. The molecule has 0 amide bonds. The van der Waals surface area contributed by atoms with Gasteiger partial charge in [-0.3, -0.25) is 0 Å². The van der Waals surface area contributed by atoms with Gasteiger partial charge in [0.05, 0.1) is 27.5 Å². The first-order valence-corrected chi connectivity index (χ1v) is 32.2. The summed E-state index contributed by atoms with van der Waals surface area (Å²) in [5.41, 5.74) is 30.9. The van der Waals surface area contributed by atoms with E-state index < -0.39 is 5.41 Å². The molecule has 1 aliphatic rings. The predicted octanol–water partition coefficient (Wildman–Crippen LogP) is 23.9. The Labute approximate surface area is 541 Å². The van der Waals surface area contributed by atoms with Crippen molar-refractivity contribution in [2.75, 3.05) is 0 Å². The molecule has 0 saturated heterocycles. The van der Waals surface area contributed by atoms with Crippen molar-refractivity contribution in [3.05, 3.63) is 386 Å². The fourth-order valence-corrected chi connectivity index (χ4v) is 15.2. The lowest BCUT2D eigenvalue weighted by molar-refractivity contribution is 0.769. The number of para-hydroxylation sites is 2. The molecule has 2 heterocycles. The van der Waals surface area contributed by atoms with Crippen LogP contribution < -0.4 is 0 Å². The Morgan fingerprint density at radius 1 is 0.172 bits per heavy atom. The summed E-state index contributed by atoms with van der Waals surface area (Å²) in [6.45, 7) is 0. The van der Waals surface area contributed by atoms with Crippen LogP contribution in [0.4, 0.5) is 0 Å². The van der Waals surface area contributed by atoms with E-state index in [1.54, 1.807) is 0 Å². The lowest BCUT2D eigenvalue weighted by Gasteiger charge is -2.34. The van der Waals surface area contributed by atoms with E-state index in [1.807, 2.05) is 0 Å². The molecule has 434 valence electrons. The molecule has 0 radical (unpaired) electrons. The first-order chi connectivity index (χ1) is 46.1. The second-order valence-corrected chi connectivity index (χ2v) is 24.7. The highest BCUT2D eigenvalue weighted by Gasteiger charge is 2.46. The third-order valence-electron chi connectivity index (χ3n) is 19.7. The molecule has 0 atom stereocenters. The highest BCUT2D eigenvalue weighted by Crippen LogP contribution is 2.57. The molecule has 0 bridgehead atoms. The molecule has 0 N–H and O–H groups in total. The summed E-state index contributed by atoms with van der Waals surface area (Å²) in [6.07, 6.45) is 0. The highest BCUT2D eigenvalue weighted by atomic mass is 15.0. The first-order valence-electron chi connectivity index (χ1n) is 32.2. The Kier molecular flexibility index (Phi) is 12.8. The van der Waals surface area contributed by atoms with Crippen LogP contribution in [-0.2, 0) is 5.41 Å². The maximum atomic E-state index is 2.43. The van der Waals surface area contributed by atoms with Crippen LogP contribution in [0, 0.1) is 0 Å². The number of rotatable bonds is 11. The van der Waals surface area contributed by atoms with Crippen molar-refractivity contribution in [3.8, 4) is 100 Å². The highest BCUT2D eigenvalue weighted by molar-refractivity contribution is 6.13. The topological polar surface area (TPSA) is 9.86 Å². The van der Waals surface area contributed by atoms with Crippen molar-refractivity contribution >= 4 is 43.6 Å². The molecule has 0 saturated carbocycles. The molecule has 93 heavy (non-hydrogen) atoms. The van der Waals surface area contributed by atoms with Gasteiger partial charge in [-0.05, 0) is 184 Å². The maximum absolute atomic E-state index is 2.43. The van der Waals surface area contributed by atoms with Crippen LogP contribution in [0.15, 0.2) is 364 Å². The largest absolute Gasteiger partial charge is 0.309 e. The van der Waals surface area contributed by atoms with Crippen molar-refractivity contribution in [1.29, 1.82) is 0 Å². The number of benzene rings is 15. The van der Waals surface area contributed by atoms with Crippen LogP contribution in [0.2, 0.25) is 0 Å². The number of hydrogen-bond acceptors (Lipinski definition) is 0. The number of fused-ring (bicyclic) bond motifs is 9. The van der Waals surface area contributed by atoms with Crippen LogP contribution in [0.25, 0.3) is 144 Å². The van der Waals surface area contributed by atoms with Gasteiger partial charge in [0.1, 0.15) is 0 Å². The Balaban J connectivity index is 0.636. The van der Waals surface area contributed by atoms with E-state index in [0.717, 1.165) is 11.4 Å². The second-order valence-electron chi connectivity index (χ2n) is 24.7. The van der Waals surface area contributed by atoms with Crippen molar-refractivity contribution in [1.82, 2.24) is 9.13 Å². The quantitative estimate of drug-likeness (QED) is 0.122. The van der Waals surface area contributed by atoms with Gasteiger partial charge in [0.25, 0.3) is 0 Å². The molecular weight excluding hydrogens is 1120 g/mol. The van der Waals surface area contributed by atoms with E-state index in [-0.39, 0.29) is 0 Å². The molecule has 0 fully saturated rings. The van der Waals surface area contributed by atoms with Gasteiger partial charge >= 0.3 is 0 Å². The van der Waals surface area contributed by atoms with E-state index in [4.69, 9.17) is 0 Å². The molecule has 2 aromatic heterocycles. The summed E-state index contributed by atoms with van der Waals surface area (Å²) >= 11 is 0. The zero-order valence-corrected chi connectivity index (χ0v) is 51.0. The van der Waals surface area contributed by atoms with Gasteiger partial charge in [0.15, 0.2) is 0 Å². The molecule has 0 spiro atoms. The average Bonchev–Trinajstić information content (AvgIpc) is 1.57. The van der Waals surface area contributed by atoms with Crippen LogP contribution in [-0.4, -0.2) is 9.13 Å². The molecule has 18 rings (SSSR count). The van der Waals surface area contributed by atoms with Crippen LogP contribution in [0.5, 0.6) is 0 Å². The summed E-state index contributed by atoms with van der Waals surface area (Å²) in [5.74, 6) is 0. The Morgan fingerprint density at radius 3 is 0.925 bits per heavy atom. The third kappa shape index (κ3) is 9.02. The summed E-state index contributed by atoms with van der Waals surface area (Å²) in [5, 5.41) is 4.95. The zero-order valence-electron chi connectivity index (χ0n) is 51.0. The molecule has 17 aromatic rings. The maximum Gasteiger partial charge on any atom is 0.0713 e. The van der Waals surface area contributed by atoms with Gasteiger partial charge < -0.3 is 9.13 Å². The third-order valence-corrected chi connectivity index (χ3v) is 19.7. The summed E-state index contributed by atoms with van der Waals surface area (Å²) in [4.78, 5) is 0. The van der Waals surface area contributed by atoms with E-state index in [2.05, 4.69) is 373 Å². The van der Waals surface area contributed by atoms with Crippen LogP contribution >= 0.6 is 0 Å². The second kappa shape index (κ2) is 22.1. The predicted molar refractivity (Wildman–Crippen MR) is 390 cm³/mol. The van der Waals surface area contributed by atoms with Crippen LogP contribution in [0.3, 0.4) is 0 Å². The van der Waals surface area contributed by atoms with Crippen molar-refractivity contribution in [2.45, 2.75) is 5.41 Å². The van der Waals surface area contributed by atoms with Crippen LogP contribution in [0.1, 0.15) is 22.3 Å². The van der Waals surface area contributed by atoms with Gasteiger partial charge in [0, 0.05) is 32.9 Å². The van der Waals surface area contributed by atoms with E-state index >= 15 is 0 Å². The molecule has 0 aliphatic heterocycles. The summed E-state index contributed by atoms with van der Waals surface area (Å²) < 4.78 is 4.83. The fraction of sp³-hybridized carbons (Fsp3) is 0.0110. The molecular formula is C91H60N2. The minimum Gasteiger partial charge on any atom is -0.309 e. The number of hydrogen-bond donors (Lipinski definition) is 0. The normalized spacial score (nSPS) is 12.4. The van der Waals surface area contributed by atoms with Crippen molar-refractivity contribution < 1.29 is 0 Å². The molecule has 2 nitrogen and oxygen atoms in total. The minimum absolute atomic E-state index is 0.542. The van der Waals surface area contributed by atoms with Gasteiger partial charge in [-0.25, -0.2) is 0 Å². The number of aromatic nitrogens is 2. The smallest absolute Gasteiger partial charge is 0.0713 e. The van der Waals surface area contributed by atoms with E-state index in [0.29, 0.717) is 0 Å². The fourth-order valence-electron chi connectivity index (χ4n) is 15.2. The molecule has 2 heteroatoms. The van der Waals surface area contributed by atoms with Gasteiger partial charge in [-0.1, -0.05) is 291 Å². The van der Waals surface area contributed by atoms with Crippen molar-refractivity contribution in [3.63, 3.8) is 0 Å². The molecule has 1 aliphatic carbocycles. The van der Waals surface area contributed by atoms with E-state index in [1.165, 1.54) is 155 Å². The van der Waals surface area contributed by atoms with E-state index in [9.17, 15) is 0 Å². The summed E-state index contributed by atoms with van der Waals surface area (Å²) in [7, 11) is 0. The lowest BCUT2D eigenvalue weighted by Crippen LogP contribution is -2.28. The Morgan fingerprint density at radius 2 is 0.473 bits per heavy atom. The lowest BCUT2D eigenvalue weighted by atomic mass is 9.67. The van der Waals surface area contributed by atoms with Crippen molar-refractivity contribution in [2.24, 2.45) is 0 Å². The molecule has 0 unspecified atom stereocenters. The van der Waals surface area contributed by atoms with Gasteiger partial charge in [0.2, 0.25) is 0 Å². The molecule has 15 aromatic carbocycles. The zero-order chi connectivity index (χ0) is 61.4. The SMILES string of the molecule is c1ccc(-c2ccc(-c3cccc(C4(c5cccc(-c6ccc(-c7ccc(-c8cccc(-n9c%10ccccc%10c%10cc(-c%11ccc%12c(c%11)c%11ccccc%11n%12-c%11ccc(-c%12ccccc%12)cc%11)ccc%109)c8)cc7)cc6)c5)c5ccccc5-c5ccccc54)c3)cc2)cc1. The van der Waals surface area contributed by atoms with Gasteiger partial charge in [-0.2, -0.15) is 0 Å².